The summed E-state index contributed by atoms with van der Waals surface area (Å²) in [7, 11) is 0. The van der Waals surface area contributed by atoms with E-state index in [0.717, 1.165) is 42.5 Å². The van der Waals surface area contributed by atoms with Crippen LogP contribution in [0.4, 0.5) is 9.18 Å². The first-order chi connectivity index (χ1) is 17.4. The highest BCUT2D eigenvalue weighted by atomic mass is 19.1. The minimum Gasteiger partial charge on any atom is -0.462 e. The van der Waals surface area contributed by atoms with Crippen molar-refractivity contribution in [1.82, 2.24) is 10.3 Å². The van der Waals surface area contributed by atoms with E-state index in [0.29, 0.717) is 18.4 Å². The van der Waals surface area contributed by atoms with E-state index in [1.807, 2.05) is 31.2 Å². The van der Waals surface area contributed by atoms with Gasteiger partial charge in [0.05, 0.1) is 18.2 Å². The number of hydrogen-bond acceptors (Lipinski definition) is 5. The standard InChI is InChI=1S/C29H33FN2O4/c1-3-35-29(34)32-23-10-11-24-20(14-23)15-26-27(17(2)36-28(26)33)25(24)12-9-22-8-7-19(16-31-22)18-5-4-6-21(30)13-18/h4-9,12-13,16-17,20,23-27H,3,10-11,14-15H2,1-2H3,(H,32,34)/b12-9+/t17-,20-,23-,24-,25+,26+,27+/m0/s1. The van der Waals surface area contributed by atoms with Gasteiger partial charge in [-0.1, -0.05) is 24.3 Å². The number of rotatable bonds is 5. The number of fused-ring (bicyclic) bond motifs is 2. The van der Waals surface area contributed by atoms with Gasteiger partial charge >= 0.3 is 12.1 Å². The Morgan fingerprint density at radius 1 is 1.22 bits per heavy atom. The Morgan fingerprint density at radius 3 is 2.83 bits per heavy atom. The van der Waals surface area contributed by atoms with Crippen LogP contribution in [0.1, 0.15) is 45.2 Å². The van der Waals surface area contributed by atoms with Crippen LogP contribution in [0.25, 0.3) is 17.2 Å². The quantitative estimate of drug-likeness (QED) is 0.548. The van der Waals surface area contributed by atoms with Gasteiger partial charge in [0, 0.05) is 23.7 Å². The maximum Gasteiger partial charge on any atom is 0.407 e. The van der Waals surface area contributed by atoms with Gasteiger partial charge < -0.3 is 14.8 Å². The molecule has 0 spiro atoms. The van der Waals surface area contributed by atoms with E-state index >= 15 is 0 Å². The number of amides is 1. The number of hydrogen-bond donors (Lipinski definition) is 1. The van der Waals surface area contributed by atoms with Crippen LogP contribution in [0.5, 0.6) is 0 Å². The van der Waals surface area contributed by atoms with E-state index < -0.39 is 0 Å². The highest BCUT2D eigenvalue weighted by Gasteiger charge is 2.54. The van der Waals surface area contributed by atoms with Crippen LogP contribution in [0, 0.1) is 35.4 Å². The number of allylic oxidation sites excluding steroid dienone is 1. The molecule has 0 unspecified atom stereocenters. The van der Waals surface area contributed by atoms with E-state index in [2.05, 4.69) is 16.4 Å². The fourth-order valence-electron chi connectivity index (χ4n) is 6.64. The molecule has 7 heteroatoms. The van der Waals surface area contributed by atoms with Gasteiger partial charge in [-0.15, -0.1) is 0 Å². The first-order valence-corrected chi connectivity index (χ1v) is 13.0. The molecule has 2 saturated carbocycles. The maximum absolute atomic E-state index is 13.6. The third-order valence-corrected chi connectivity index (χ3v) is 8.18. The molecule has 2 heterocycles. The second-order valence-electron chi connectivity index (χ2n) is 10.3. The van der Waals surface area contributed by atoms with E-state index in [-0.39, 0.29) is 47.8 Å². The van der Waals surface area contributed by atoms with Crippen molar-refractivity contribution in [3.63, 3.8) is 0 Å². The molecule has 190 valence electrons. The summed E-state index contributed by atoms with van der Waals surface area (Å²) in [5.74, 6) is 0.629. The lowest BCUT2D eigenvalue weighted by Crippen LogP contribution is -2.48. The summed E-state index contributed by atoms with van der Waals surface area (Å²) in [4.78, 5) is 29.2. The number of benzene rings is 1. The normalized spacial score (nSPS) is 31.4. The van der Waals surface area contributed by atoms with Gasteiger partial charge in [0.2, 0.25) is 0 Å². The van der Waals surface area contributed by atoms with Crippen molar-refractivity contribution in [3.8, 4) is 11.1 Å². The summed E-state index contributed by atoms with van der Waals surface area (Å²) < 4.78 is 24.3. The van der Waals surface area contributed by atoms with Gasteiger partial charge in [-0.3, -0.25) is 9.78 Å². The molecule has 1 saturated heterocycles. The Balaban J connectivity index is 1.34. The van der Waals surface area contributed by atoms with Crippen molar-refractivity contribution in [2.75, 3.05) is 6.61 Å². The fraction of sp³-hybridized carbons (Fsp3) is 0.483. The third kappa shape index (κ3) is 5.01. The predicted octanol–water partition coefficient (Wildman–Crippen LogP) is 5.63. The molecule has 1 aliphatic heterocycles. The molecule has 36 heavy (non-hydrogen) atoms. The van der Waals surface area contributed by atoms with Crippen molar-refractivity contribution < 1.29 is 23.5 Å². The highest BCUT2D eigenvalue weighted by Crippen LogP contribution is 2.53. The van der Waals surface area contributed by atoms with Gasteiger partial charge in [-0.25, -0.2) is 9.18 Å². The molecule has 2 aliphatic carbocycles. The van der Waals surface area contributed by atoms with Crippen molar-refractivity contribution >= 4 is 18.1 Å². The molecule has 1 aromatic carbocycles. The number of esters is 1. The number of halogens is 1. The molecule has 5 rings (SSSR count). The zero-order valence-corrected chi connectivity index (χ0v) is 20.7. The largest absolute Gasteiger partial charge is 0.462 e. The number of ether oxygens (including phenoxy) is 2. The number of nitrogens with zero attached hydrogens (tertiary/aromatic N) is 1. The van der Waals surface area contributed by atoms with Gasteiger partial charge in [0.1, 0.15) is 11.9 Å². The zero-order valence-electron chi connectivity index (χ0n) is 20.7. The van der Waals surface area contributed by atoms with Crippen LogP contribution >= 0.6 is 0 Å². The van der Waals surface area contributed by atoms with Crippen molar-refractivity contribution in [2.45, 2.75) is 51.7 Å². The number of nitrogens with one attached hydrogen (secondary N) is 1. The summed E-state index contributed by atoms with van der Waals surface area (Å²) in [6, 6.07) is 10.4. The highest BCUT2D eigenvalue weighted by molar-refractivity contribution is 5.75. The lowest BCUT2D eigenvalue weighted by molar-refractivity contribution is -0.144. The number of aromatic nitrogens is 1. The summed E-state index contributed by atoms with van der Waals surface area (Å²) in [6.45, 7) is 4.15. The average Bonchev–Trinajstić information content (AvgIpc) is 3.15. The summed E-state index contributed by atoms with van der Waals surface area (Å²) in [5, 5.41) is 3.00. The second kappa shape index (κ2) is 10.4. The van der Waals surface area contributed by atoms with Crippen LogP contribution in [0.2, 0.25) is 0 Å². The van der Waals surface area contributed by atoms with Gasteiger partial charge in [0.15, 0.2) is 0 Å². The van der Waals surface area contributed by atoms with E-state index in [1.165, 1.54) is 12.1 Å². The van der Waals surface area contributed by atoms with Crippen LogP contribution in [-0.4, -0.2) is 35.8 Å². The molecular formula is C29H33FN2O4. The topological polar surface area (TPSA) is 77.5 Å². The molecule has 1 amide bonds. The Bertz CT molecular complexity index is 1130. The molecule has 7 atom stereocenters. The minimum absolute atomic E-state index is 0.0679. The molecule has 3 aliphatic rings. The average molecular weight is 493 g/mol. The second-order valence-corrected chi connectivity index (χ2v) is 10.3. The lowest BCUT2D eigenvalue weighted by atomic mass is 9.57. The van der Waals surface area contributed by atoms with Crippen LogP contribution in [-0.2, 0) is 14.3 Å². The number of carbonyl (C=O) groups excluding carboxylic acids is 2. The van der Waals surface area contributed by atoms with Crippen LogP contribution in [0.3, 0.4) is 0 Å². The molecule has 1 N–H and O–H groups in total. The molecule has 6 nitrogen and oxygen atoms in total. The Morgan fingerprint density at radius 2 is 2.08 bits per heavy atom. The zero-order chi connectivity index (χ0) is 25.2. The Hall–Kier alpha value is -3.22. The first-order valence-electron chi connectivity index (χ1n) is 13.0. The van der Waals surface area contributed by atoms with Crippen molar-refractivity contribution in [3.05, 3.63) is 60.2 Å². The number of alkyl carbamates (subject to hydrolysis) is 1. The summed E-state index contributed by atoms with van der Waals surface area (Å²) >= 11 is 0. The minimum atomic E-state index is -0.368. The third-order valence-electron chi connectivity index (χ3n) is 8.18. The molecule has 3 fully saturated rings. The van der Waals surface area contributed by atoms with Crippen molar-refractivity contribution in [1.29, 1.82) is 0 Å². The number of cyclic esters (lactones) is 1. The molecule has 1 aromatic heterocycles. The smallest absolute Gasteiger partial charge is 0.407 e. The van der Waals surface area contributed by atoms with E-state index in [9.17, 15) is 14.0 Å². The first kappa shape index (κ1) is 24.5. The monoisotopic (exact) mass is 492 g/mol. The summed E-state index contributed by atoms with van der Waals surface area (Å²) in [5.41, 5.74) is 2.48. The molecule has 0 radical (unpaired) electrons. The lowest BCUT2D eigenvalue weighted by Gasteiger charge is -2.47. The maximum atomic E-state index is 13.6. The van der Waals surface area contributed by atoms with Crippen LogP contribution in [0.15, 0.2) is 48.7 Å². The number of pyridine rings is 1. The van der Waals surface area contributed by atoms with Gasteiger partial charge in [-0.05, 0) is 87.1 Å². The Kier molecular flexibility index (Phi) is 7.08. The van der Waals surface area contributed by atoms with Gasteiger partial charge in [0.25, 0.3) is 0 Å². The van der Waals surface area contributed by atoms with Crippen LogP contribution < -0.4 is 5.32 Å². The summed E-state index contributed by atoms with van der Waals surface area (Å²) in [6.07, 6.45) is 9.07. The van der Waals surface area contributed by atoms with Gasteiger partial charge in [-0.2, -0.15) is 0 Å². The fourth-order valence-corrected chi connectivity index (χ4v) is 6.64. The van der Waals surface area contributed by atoms with E-state index in [1.54, 1.807) is 19.2 Å². The predicted molar refractivity (Wildman–Crippen MR) is 134 cm³/mol. The Labute approximate surface area is 211 Å². The molecule has 0 bridgehead atoms. The molecule has 2 aromatic rings. The van der Waals surface area contributed by atoms with E-state index in [4.69, 9.17) is 9.47 Å². The SMILES string of the molecule is CCOC(=O)N[C@H]1CC[C@H]2[C@@H](C1)C[C@H]1C(=O)O[C@@H](C)[C@@H]1[C@@H]2/C=C/c1ccc(-c2cccc(F)c2)cn1. The van der Waals surface area contributed by atoms with Crippen molar-refractivity contribution in [2.24, 2.45) is 29.6 Å². The number of carbonyl (C=O) groups is 2. The molecular weight excluding hydrogens is 459 g/mol.